The molecule has 21 heavy (non-hydrogen) atoms. The Morgan fingerprint density at radius 1 is 1.10 bits per heavy atom. The molecular formula is C13H23N3O5. The zero-order valence-corrected chi connectivity index (χ0v) is 12.4. The first-order valence-corrected chi connectivity index (χ1v) is 7.02. The molecule has 1 fully saturated rings. The lowest BCUT2D eigenvalue weighted by atomic mass is 10.2. The smallest absolute Gasteiger partial charge is 0.326 e. The topological polar surface area (TPSA) is 110 Å². The maximum Gasteiger partial charge on any atom is 0.326 e. The minimum absolute atomic E-state index is 0.512. The molecule has 1 atom stereocenters. The summed E-state index contributed by atoms with van der Waals surface area (Å²) in [6, 6.07) is -1.92. The van der Waals surface area contributed by atoms with Crippen LogP contribution in [0.25, 0.3) is 0 Å². The van der Waals surface area contributed by atoms with Gasteiger partial charge in [-0.2, -0.15) is 0 Å². The SMILES string of the molecule is CC(C)CN1CCN(C(=O)NC(CC(=O)O)C(=O)O)CC1. The lowest BCUT2D eigenvalue weighted by Gasteiger charge is -2.35. The molecule has 0 spiro atoms. The van der Waals surface area contributed by atoms with E-state index >= 15 is 0 Å². The van der Waals surface area contributed by atoms with Crippen molar-refractivity contribution in [2.75, 3.05) is 32.7 Å². The molecule has 3 N–H and O–H groups in total. The van der Waals surface area contributed by atoms with Gasteiger partial charge in [-0.25, -0.2) is 9.59 Å². The van der Waals surface area contributed by atoms with Crippen molar-refractivity contribution in [3.05, 3.63) is 0 Å². The maximum atomic E-state index is 12.0. The lowest BCUT2D eigenvalue weighted by molar-refractivity contribution is -0.145. The molecule has 0 aromatic heterocycles. The molecular weight excluding hydrogens is 278 g/mol. The van der Waals surface area contributed by atoms with Crippen molar-refractivity contribution in [1.29, 1.82) is 0 Å². The third-order valence-corrected chi connectivity index (χ3v) is 3.26. The molecule has 0 saturated carbocycles. The van der Waals surface area contributed by atoms with Gasteiger partial charge in [0.1, 0.15) is 6.04 Å². The van der Waals surface area contributed by atoms with Gasteiger partial charge in [0.2, 0.25) is 0 Å². The minimum atomic E-state index is -1.40. The van der Waals surface area contributed by atoms with E-state index in [-0.39, 0.29) is 0 Å². The van der Waals surface area contributed by atoms with E-state index in [4.69, 9.17) is 10.2 Å². The Morgan fingerprint density at radius 3 is 2.10 bits per heavy atom. The molecule has 8 nitrogen and oxygen atoms in total. The molecule has 120 valence electrons. The van der Waals surface area contributed by atoms with E-state index in [2.05, 4.69) is 24.1 Å². The molecule has 1 unspecified atom stereocenters. The summed E-state index contributed by atoms with van der Waals surface area (Å²) >= 11 is 0. The standard InChI is InChI=1S/C13H23N3O5/c1-9(2)8-15-3-5-16(6-4-15)13(21)14-10(12(19)20)7-11(17)18/h9-10H,3-8H2,1-2H3,(H,14,21)(H,17,18)(H,19,20). The van der Waals surface area contributed by atoms with Crippen LogP contribution in [0, 0.1) is 5.92 Å². The van der Waals surface area contributed by atoms with Crippen molar-refractivity contribution in [1.82, 2.24) is 15.1 Å². The number of hydrogen-bond acceptors (Lipinski definition) is 4. The first-order valence-electron chi connectivity index (χ1n) is 7.02. The summed E-state index contributed by atoms with van der Waals surface area (Å²) in [5, 5.41) is 19.8. The van der Waals surface area contributed by atoms with E-state index in [1.165, 1.54) is 4.90 Å². The highest BCUT2D eigenvalue weighted by atomic mass is 16.4. The van der Waals surface area contributed by atoms with Crippen molar-refractivity contribution >= 4 is 18.0 Å². The number of nitrogens with zero attached hydrogens (tertiary/aromatic N) is 2. The van der Waals surface area contributed by atoms with Crippen LogP contribution in [-0.4, -0.2) is 76.7 Å². The van der Waals surface area contributed by atoms with Gasteiger partial charge in [-0.05, 0) is 5.92 Å². The van der Waals surface area contributed by atoms with Crippen molar-refractivity contribution in [2.45, 2.75) is 26.3 Å². The molecule has 1 heterocycles. The van der Waals surface area contributed by atoms with Crippen molar-refractivity contribution in [3.8, 4) is 0 Å². The average Bonchev–Trinajstić information content (AvgIpc) is 2.37. The van der Waals surface area contributed by atoms with E-state index in [1.807, 2.05) is 0 Å². The quantitative estimate of drug-likeness (QED) is 0.632. The summed E-state index contributed by atoms with van der Waals surface area (Å²) in [5.74, 6) is -2.05. The van der Waals surface area contributed by atoms with E-state index in [1.54, 1.807) is 0 Å². The van der Waals surface area contributed by atoms with Crippen LogP contribution in [0.15, 0.2) is 0 Å². The fourth-order valence-corrected chi connectivity index (χ4v) is 2.26. The highest BCUT2D eigenvalue weighted by Crippen LogP contribution is 2.06. The molecule has 1 aliphatic rings. The number of carboxylic acid groups (broad SMARTS) is 2. The minimum Gasteiger partial charge on any atom is -0.481 e. The molecule has 0 aromatic rings. The predicted octanol–water partition coefficient (Wildman–Crippen LogP) is -0.102. The molecule has 0 radical (unpaired) electrons. The number of nitrogens with one attached hydrogen (secondary N) is 1. The normalized spacial score (nSPS) is 17.6. The summed E-state index contributed by atoms with van der Waals surface area (Å²) in [6.45, 7) is 7.72. The van der Waals surface area contributed by atoms with Crippen LogP contribution in [0.5, 0.6) is 0 Å². The number of rotatable bonds is 6. The van der Waals surface area contributed by atoms with E-state index in [0.717, 1.165) is 19.6 Å². The van der Waals surface area contributed by atoms with Gasteiger partial charge >= 0.3 is 18.0 Å². The van der Waals surface area contributed by atoms with Gasteiger partial charge < -0.3 is 20.4 Å². The summed E-state index contributed by atoms with van der Waals surface area (Å²) in [5.41, 5.74) is 0. The van der Waals surface area contributed by atoms with Crippen LogP contribution < -0.4 is 5.32 Å². The van der Waals surface area contributed by atoms with Gasteiger partial charge in [0.05, 0.1) is 6.42 Å². The monoisotopic (exact) mass is 301 g/mol. The summed E-state index contributed by atoms with van der Waals surface area (Å²) in [6.07, 6.45) is -0.631. The summed E-state index contributed by atoms with van der Waals surface area (Å²) in [4.78, 5) is 37.2. The Bertz CT molecular complexity index is 391. The van der Waals surface area contributed by atoms with Gasteiger partial charge in [0, 0.05) is 32.7 Å². The van der Waals surface area contributed by atoms with Crippen molar-refractivity contribution in [2.24, 2.45) is 5.92 Å². The Balaban J connectivity index is 2.45. The van der Waals surface area contributed by atoms with E-state index in [9.17, 15) is 14.4 Å². The van der Waals surface area contributed by atoms with Crippen LogP contribution in [0.4, 0.5) is 4.79 Å². The van der Waals surface area contributed by atoms with Gasteiger partial charge in [-0.15, -0.1) is 0 Å². The zero-order chi connectivity index (χ0) is 16.0. The third-order valence-electron chi connectivity index (χ3n) is 3.26. The number of aliphatic carboxylic acids is 2. The molecule has 0 aromatic carbocycles. The van der Waals surface area contributed by atoms with Gasteiger partial charge in [-0.3, -0.25) is 9.69 Å². The van der Waals surface area contributed by atoms with Crippen molar-refractivity contribution < 1.29 is 24.6 Å². The maximum absolute atomic E-state index is 12.0. The Hall–Kier alpha value is -1.83. The number of carbonyl (C=O) groups excluding carboxylic acids is 1. The van der Waals surface area contributed by atoms with Crippen LogP contribution in [-0.2, 0) is 9.59 Å². The Morgan fingerprint density at radius 2 is 1.67 bits per heavy atom. The molecule has 0 bridgehead atoms. The van der Waals surface area contributed by atoms with E-state index < -0.39 is 30.4 Å². The second kappa shape index (κ2) is 7.82. The zero-order valence-electron chi connectivity index (χ0n) is 12.4. The second-order valence-electron chi connectivity index (χ2n) is 5.62. The molecule has 8 heteroatoms. The summed E-state index contributed by atoms with van der Waals surface area (Å²) < 4.78 is 0. The number of piperazine rings is 1. The lowest BCUT2D eigenvalue weighted by Crippen LogP contribution is -2.55. The molecule has 1 aliphatic heterocycles. The number of hydrogen-bond donors (Lipinski definition) is 3. The average molecular weight is 301 g/mol. The van der Waals surface area contributed by atoms with Gasteiger partial charge in [0.25, 0.3) is 0 Å². The highest BCUT2D eigenvalue weighted by molar-refractivity contribution is 5.86. The molecule has 2 amide bonds. The largest absolute Gasteiger partial charge is 0.481 e. The predicted molar refractivity (Wildman–Crippen MR) is 75.1 cm³/mol. The third kappa shape index (κ3) is 5.99. The van der Waals surface area contributed by atoms with Crippen LogP contribution in [0.2, 0.25) is 0 Å². The fourth-order valence-electron chi connectivity index (χ4n) is 2.26. The first-order chi connectivity index (χ1) is 9.79. The Labute approximate surface area is 123 Å². The van der Waals surface area contributed by atoms with E-state index in [0.29, 0.717) is 19.0 Å². The van der Waals surface area contributed by atoms with Gasteiger partial charge in [-0.1, -0.05) is 13.8 Å². The Kier molecular flexibility index (Phi) is 6.41. The molecule has 1 saturated heterocycles. The van der Waals surface area contributed by atoms with Crippen LogP contribution in [0.3, 0.4) is 0 Å². The molecule has 1 rings (SSSR count). The first kappa shape index (κ1) is 17.2. The van der Waals surface area contributed by atoms with Crippen LogP contribution in [0.1, 0.15) is 20.3 Å². The summed E-state index contributed by atoms with van der Waals surface area (Å²) in [7, 11) is 0. The van der Waals surface area contributed by atoms with Crippen molar-refractivity contribution in [3.63, 3.8) is 0 Å². The number of carbonyl (C=O) groups is 3. The van der Waals surface area contributed by atoms with Crippen LogP contribution >= 0.6 is 0 Å². The second-order valence-corrected chi connectivity index (χ2v) is 5.62. The fraction of sp³-hybridized carbons (Fsp3) is 0.769. The highest BCUT2D eigenvalue weighted by Gasteiger charge is 2.27. The number of carboxylic acids is 2. The number of amides is 2. The van der Waals surface area contributed by atoms with Gasteiger partial charge in [0.15, 0.2) is 0 Å². The molecule has 0 aliphatic carbocycles. The number of urea groups is 1.